The van der Waals surface area contributed by atoms with Crippen LogP contribution in [0.25, 0.3) is 0 Å². The summed E-state index contributed by atoms with van der Waals surface area (Å²) in [5, 5.41) is 1.34. The van der Waals surface area contributed by atoms with Crippen molar-refractivity contribution in [3.63, 3.8) is 0 Å². The van der Waals surface area contributed by atoms with Gasteiger partial charge in [-0.05, 0) is 5.56 Å². The van der Waals surface area contributed by atoms with Crippen LogP contribution in [-0.4, -0.2) is 0 Å². The van der Waals surface area contributed by atoms with Gasteiger partial charge in [0.15, 0.2) is 0 Å². The van der Waals surface area contributed by atoms with E-state index in [1.54, 1.807) is 0 Å². The Morgan fingerprint density at radius 2 is 1.50 bits per heavy atom. The van der Waals surface area contributed by atoms with Crippen molar-refractivity contribution in [2.45, 2.75) is 6.54 Å². The molecule has 1 aliphatic heterocycles. The van der Waals surface area contributed by atoms with Gasteiger partial charge in [-0.25, -0.2) is 0 Å². The van der Waals surface area contributed by atoms with Crippen LogP contribution in [0, 0.1) is 0 Å². The molecule has 2 aromatic carbocycles. The molecule has 100 valence electrons. The zero-order chi connectivity index (χ0) is 14.3. The van der Waals surface area contributed by atoms with E-state index in [9.17, 15) is 19.2 Å². The zero-order valence-electron chi connectivity index (χ0n) is 10.2. The normalized spacial score (nSPS) is 13.1. The quantitative estimate of drug-likeness (QED) is 0.666. The Hall–Kier alpha value is -2.80. The number of rotatable bonds is 2. The average molecular weight is 271 g/mol. The van der Waals surface area contributed by atoms with Crippen LogP contribution in [0.2, 0.25) is 0 Å². The third kappa shape index (κ3) is 1.72. The van der Waals surface area contributed by atoms with Crippen molar-refractivity contribution in [1.29, 1.82) is 0 Å². The fourth-order valence-electron chi connectivity index (χ4n) is 2.09. The molecular weight excluding hydrogens is 262 g/mol. The smallest absolute Gasteiger partial charge is 0.279 e. The lowest BCUT2D eigenvalue weighted by atomic mass is 10.2. The van der Waals surface area contributed by atoms with Gasteiger partial charge in [-0.2, -0.15) is 0 Å². The number of hydrogen-bond acceptors (Lipinski definition) is 7. The molecule has 0 unspecified atom stereocenters. The van der Waals surface area contributed by atoms with Gasteiger partial charge in [-0.15, -0.1) is 5.53 Å². The molecule has 0 aliphatic carbocycles. The van der Waals surface area contributed by atoms with Gasteiger partial charge >= 0.3 is 0 Å². The molecule has 0 fully saturated rings. The number of fused-ring (bicyclic) bond motifs is 1. The van der Waals surface area contributed by atoms with Gasteiger partial charge in [-0.1, -0.05) is 30.3 Å². The minimum Gasteiger partial charge on any atom is -0.298 e. The highest BCUT2D eigenvalue weighted by atomic mass is 16.2. The SMILES string of the molecule is O=c1c2c(c(=O)c(=O)c1=O)N(Cc1ccccc1)NN2. The van der Waals surface area contributed by atoms with Crippen LogP contribution < -0.4 is 37.7 Å². The van der Waals surface area contributed by atoms with E-state index >= 15 is 0 Å². The molecule has 0 amide bonds. The fraction of sp³-hybridized carbons (Fsp3) is 0.0769. The largest absolute Gasteiger partial charge is 0.298 e. The highest BCUT2D eigenvalue weighted by molar-refractivity contribution is 5.72. The second-order valence-corrected chi connectivity index (χ2v) is 4.35. The first-order valence-electron chi connectivity index (χ1n) is 5.84. The molecule has 2 N–H and O–H groups in total. The van der Waals surface area contributed by atoms with Crippen LogP contribution in [-0.2, 0) is 6.54 Å². The topological polar surface area (TPSA) is 95.6 Å². The molecule has 0 bridgehead atoms. The highest BCUT2D eigenvalue weighted by Crippen LogP contribution is 2.20. The summed E-state index contributed by atoms with van der Waals surface area (Å²) >= 11 is 0. The van der Waals surface area contributed by atoms with E-state index in [1.807, 2.05) is 30.3 Å². The van der Waals surface area contributed by atoms with Crippen LogP contribution >= 0.6 is 0 Å². The molecular formula is C13H9N3O4. The molecule has 0 radical (unpaired) electrons. The van der Waals surface area contributed by atoms with Gasteiger partial charge in [0.25, 0.3) is 21.7 Å². The molecule has 2 aromatic rings. The number of benzene rings is 2. The summed E-state index contributed by atoms with van der Waals surface area (Å²) in [6.07, 6.45) is 0. The van der Waals surface area contributed by atoms with E-state index in [4.69, 9.17) is 0 Å². The first kappa shape index (κ1) is 12.2. The molecule has 7 nitrogen and oxygen atoms in total. The summed E-state index contributed by atoms with van der Waals surface area (Å²) in [6, 6.07) is 9.18. The van der Waals surface area contributed by atoms with Gasteiger partial charge in [0.2, 0.25) is 0 Å². The third-order valence-corrected chi connectivity index (χ3v) is 3.07. The zero-order valence-corrected chi connectivity index (χ0v) is 10.2. The lowest BCUT2D eigenvalue weighted by molar-refractivity contribution is 0.724. The van der Waals surface area contributed by atoms with Crippen molar-refractivity contribution in [1.82, 2.24) is 5.53 Å². The predicted octanol–water partition coefficient (Wildman–Crippen LogP) is -1.15. The van der Waals surface area contributed by atoms with E-state index in [0.29, 0.717) is 0 Å². The Kier molecular flexibility index (Phi) is 2.69. The first-order valence-corrected chi connectivity index (χ1v) is 5.84. The van der Waals surface area contributed by atoms with Crippen molar-refractivity contribution in [3.8, 4) is 0 Å². The monoisotopic (exact) mass is 271 g/mol. The molecule has 0 saturated heterocycles. The van der Waals surface area contributed by atoms with Crippen molar-refractivity contribution < 1.29 is 0 Å². The van der Waals surface area contributed by atoms with E-state index in [-0.39, 0.29) is 17.9 Å². The van der Waals surface area contributed by atoms with Gasteiger partial charge in [0.1, 0.15) is 11.4 Å². The van der Waals surface area contributed by atoms with Crippen LogP contribution in [0.3, 0.4) is 0 Å². The first-order chi connectivity index (χ1) is 9.59. The molecule has 0 atom stereocenters. The van der Waals surface area contributed by atoms with Gasteiger partial charge in [-0.3, -0.25) is 29.6 Å². The molecule has 0 aromatic heterocycles. The van der Waals surface area contributed by atoms with Crippen LogP contribution in [0.4, 0.5) is 11.4 Å². The van der Waals surface area contributed by atoms with Crippen molar-refractivity contribution in [2.24, 2.45) is 0 Å². The van der Waals surface area contributed by atoms with Crippen LogP contribution in [0.1, 0.15) is 5.56 Å². The number of nitrogens with zero attached hydrogens (tertiary/aromatic N) is 1. The van der Waals surface area contributed by atoms with Gasteiger partial charge < -0.3 is 0 Å². The Bertz CT molecular complexity index is 869. The van der Waals surface area contributed by atoms with E-state index in [0.717, 1.165) is 5.56 Å². The van der Waals surface area contributed by atoms with Crippen molar-refractivity contribution in [2.75, 3.05) is 10.4 Å². The Balaban J connectivity index is 2.12. The number of hydrazine groups is 2. The summed E-state index contributed by atoms with van der Waals surface area (Å²) < 4.78 is 0. The second-order valence-electron chi connectivity index (χ2n) is 4.35. The Morgan fingerprint density at radius 1 is 0.850 bits per heavy atom. The van der Waals surface area contributed by atoms with Gasteiger partial charge in [0, 0.05) is 0 Å². The summed E-state index contributed by atoms with van der Waals surface area (Å²) in [6.45, 7) is 0.271. The maximum absolute atomic E-state index is 11.9. The van der Waals surface area contributed by atoms with Crippen molar-refractivity contribution >= 4 is 11.4 Å². The Labute approximate surface area is 111 Å². The molecule has 0 saturated carbocycles. The molecule has 3 rings (SSSR count). The van der Waals surface area contributed by atoms with E-state index in [1.165, 1.54) is 5.01 Å². The highest BCUT2D eigenvalue weighted by Gasteiger charge is 2.28. The molecule has 7 heteroatoms. The van der Waals surface area contributed by atoms with E-state index in [2.05, 4.69) is 11.0 Å². The fourth-order valence-corrected chi connectivity index (χ4v) is 2.09. The number of hydrogen-bond donors (Lipinski definition) is 2. The summed E-state index contributed by atoms with van der Waals surface area (Å²) in [5.41, 5.74) is 1.12. The average Bonchev–Trinajstić information content (AvgIpc) is 2.88. The Morgan fingerprint density at radius 3 is 2.20 bits per heavy atom. The minimum absolute atomic E-state index is 0.108. The lowest BCUT2D eigenvalue weighted by Crippen LogP contribution is -2.48. The molecule has 20 heavy (non-hydrogen) atoms. The standard InChI is InChI=1S/C13H9N3O4/c17-10-8-9(11(18)13(20)12(10)19)16(15-14-8)6-7-4-2-1-3-5-7/h1-5,14-15H,6H2. The van der Waals surface area contributed by atoms with Gasteiger partial charge in [0.05, 0.1) is 6.54 Å². The van der Waals surface area contributed by atoms with E-state index < -0.39 is 21.7 Å². The van der Waals surface area contributed by atoms with Crippen LogP contribution in [0.5, 0.6) is 0 Å². The summed E-state index contributed by atoms with van der Waals surface area (Å²) in [7, 11) is 0. The lowest BCUT2D eigenvalue weighted by Gasteiger charge is -2.16. The maximum Gasteiger partial charge on any atom is 0.279 e. The van der Waals surface area contributed by atoms with Crippen LogP contribution in [0.15, 0.2) is 49.5 Å². The predicted molar refractivity (Wildman–Crippen MR) is 73.3 cm³/mol. The summed E-state index contributed by atoms with van der Waals surface area (Å²) in [4.78, 5) is 46.3. The molecule has 1 aliphatic rings. The molecule has 0 spiro atoms. The third-order valence-electron chi connectivity index (χ3n) is 3.07. The molecule has 1 heterocycles. The minimum atomic E-state index is -1.30. The second kappa shape index (κ2) is 4.39. The number of anilines is 2. The van der Waals surface area contributed by atoms with Crippen molar-refractivity contribution in [3.05, 3.63) is 76.8 Å². The maximum atomic E-state index is 11.9. The number of nitrogens with one attached hydrogen (secondary N) is 2. The summed E-state index contributed by atoms with van der Waals surface area (Å²) in [5.74, 6) is 0.